The van der Waals surface area contributed by atoms with Gasteiger partial charge >= 0.3 is 6.03 Å². The van der Waals surface area contributed by atoms with E-state index in [1.165, 1.54) is 12.1 Å². The zero-order chi connectivity index (χ0) is 20.4. The second-order valence-corrected chi connectivity index (χ2v) is 7.11. The molecule has 2 heterocycles. The second-order valence-electron chi connectivity index (χ2n) is 7.11. The third-order valence-corrected chi connectivity index (χ3v) is 5.19. The van der Waals surface area contributed by atoms with Crippen LogP contribution in [0, 0.1) is 5.82 Å². The van der Waals surface area contributed by atoms with Gasteiger partial charge in [-0.2, -0.15) is 0 Å². The molecule has 0 spiro atoms. The number of hydrogen-bond donors (Lipinski definition) is 2. The number of piperazine rings is 1. The van der Waals surface area contributed by atoms with Gasteiger partial charge in [0.2, 0.25) is 5.91 Å². The predicted molar refractivity (Wildman–Crippen MR) is 111 cm³/mol. The van der Waals surface area contributed by atoms with Gasteiger partial charge in [0.25, 0.3) is 5.91 Å². The molecular formula is C21H22ClFN4O3. The summed E-state index contributed by atoms with van der Waals surface area (Å²) in [5.74, 6) is -0.796. The molecule has 0 radical (unpaired) electrons. The Morgan fingerprint density at radius 1 is 1.13 bits per heavy atom. The molecule has 2 aromatic rings. The molecule has 158 valence electrons. The first-order chi connectivity index (χ1) is 14.0. The lowest BCUT2D eigenvalue weighted by molar-refractivity contribution is -0.125. The van der Waals surface area contributed by atoms with Crippen molar-refractivity contribution < 1.29 is 18.8 Å². The summed E-state index contributed by atoms with van der Waals surface area (Å²) < 4.78 is 13.7. The molecule has 2 aromatic carbocycles. The smallest absolute Gasteiger partial charge is 0.324 e. The van der Waals surface area contributed by atoms with Crippen LogP contribution in [0.5, 0.6) is 0 Å². The van der Waals surface area contributed by atoms with Crippen molar-refractivity contribution in [1.82, 2.24) is 20.4 Å². The van der Waals surface area contributed by atoms with Crippen molar-refractivity contribution in [2.45, 2.75) is 12.6 Å². The highest BCUT2D eigenvalue weighted by molar-refractivity contribution is 6.02. The standard InChI is InChI=1S/C21H21FN4O3.ClH/c22-17-6-2-4-15(10-17)18-11-23-7-8-25(18)20(28)16-5-1-3-14(9-16)13-26-19(27)12-24-21(26)29;/h1-6,9-10,18,23H,7-8,11-13H2,(H,24,29);1H. The first kappa shape index (κ1) is 21.7. The summed E-state index contributed by atoms with van der Waals surface area (Å²) >= 11 is 0. The maximum absolute atomic E-state index is 13.7. The van der Waals surface area contributed by atoms with E-state index in [4.69, 9.17) is 0 Å². The first-order valence-corrected chi connectivity index (χ1v) is 9.47. The van der Waals surface area contributed by atoms with E-state index in [0.29, 0.717) is 30.8 Å². The van der Waals surface area contributed by atoms with Gasteiger partial charge in [-0.25, -0.2) is 9.18 Å². The molecule has 30 heavy (non-hydrogen) atoms. The first-order valence-electron chi connectivity index (χ1n) is 9.47. The Hall–Kier alpha value is -2.97. The van der Waals surface area contributed by atoms with Gasteiger partial charge in [-0.15, -0.1) is 12.4 Å². The van der Waals surface area contributed by atoms with Gasteiger partial charge in [-0.05, 0) is 35.4 Å². The number of nitrogens with zero attached hydrogens (tertiary/aromatic N) is 2. The molecule has 2 N–H and O–H groups in total. The van der Waals surface area contributed by atoms with Gasteiger partial charge < -0.3 is 15.5 Å². The maximum Gasteiger partial charge on any atom is 0.324 e. The van der Waals surface area contributed by atoms with Crippen LogP contribution in [-0.4, -0.2) is 53.8 Å². The molecule has 2 aliphatic heterocycles. The number of imide groups is 1. The number of hydrogen-bond acceptors (Lipinski definition) is 4. The van der Waals surface area contributed by atoms with E-state index in [9.17, 15) is 18.8 Å². The lowest BCUT2D eigenvalue weighted by atomic mass is 10.0. The average molecular weight is 433 g/mol. The lowest BCUT2D eigenvalue weighted by Crippen LogP contribution is -2.48. The third-order valence-electron chi connectivity index (χ3n) is 5.19. The monoisotopic (exact) mass is 432 g/mol. The molecule has 2 fully saturated rings. The van der Waals surface area contributed by atoms with Gasteiger partial charge in [0, 0.05) is 25.2 Å². The van der Waals surface area contributed by atoms with Crippen LogP contribution in [0.1, 0.15) is 27.5 Å². The van der Waals surface area contributed by atoms with Crippen LogP contribution in [0.3, 0.4) is 0 Å². The summed E-state index contributed by atoms with van der Waals surface area (Å²) in [6.45, 7) is 1.79. The van der Waals surface area contributed by atoms with E-state index in [0.717, 1.165) is 10.5 Å². The van der Waals surface area contributed by atoms with Crippen LogP contribution >= 0.6 is 12.4 Å². The molecule has 0 bridgehead atoms. The number of halogens is 2. The lowest BCUT2D eigenvalue weighted by Gasteiger charge is -2.36. The van der Waals surface area contributed by atoms with Crippen molar-refractivity contribution in [3.05, 3.63) is 71.0 Å². The minimum absolute atomic E-state index is 0. The molecule has 2 aliphatic rings. The van der Waals surface area contributed by atoms with E-state index in [1.54, 1.807) is 35.2 Å². The summed E-state index contributed by atoms with van der Waals surface area (Å²) in [4.78, 5) is 39.7. The van der Waals surface area contributed by atoms with Crippen LogP contribution in [-0.2, 0) is 11.3 Å². The Morgan fingerprint density at radius 3 is 2.67 bits per heavy atom. The Bertz CT molecular complexity index is 955. The number of carbonyl (C=O) groups excluding carboxylic acids is 3. The molecule has 1 atom stereocenters. The molecule has 2 saturated heterocycles. The molecule has 4 amide bonds. The summed E-state index contributed by atoms with van der Waals surface area (Å²) in [7, 11) is 0. The van der Waals surface area contributed by atoms with Gasteiger partial charge in [0.1, 0.15) is 5.82 Å². The third kappa shape index (κ3) is 4.44. The van der Waals surface area contributed by atoms with Crippen molar-refractivity contribution in [1.29, 1.82) is 0 Å². The molecule has 9 heteroatoms. The fourth-order valence-electron chi connectivity index (χ4n) is 3.73. The Kier molecular flexibility index (Phi) is 6.69. The van der Waals surface area contributed by atoms with E-state index in [2.05, 4.69) is 10.6 Å². The SMILES string of the molecule is Cl.O=C1CNC(=O)N1Cc1cccc(C(=O)N2CCNCC2c2cccc(F)c2)c1. The number of urea groups is 1. The van der Waals surface area contributed by atoms with Crippen LogP contribution < -0.4 is 10.6 Å². The predicted octanol–water partition coefficient (Wildman–Crippen LogP) is 2.09. The Morgan fingerprint density at radius 2 is 1.93 bits per heavy atom. The zero-order valence-electron chi connectivity index (χ0n) is 16.1. The normalized spacial score (nSPS) is 18.8. The Balaban J connectivity index is 0.00000256. The van der Waals surface area contributed by atoms with E-state index in [1.807, 2.05) is 6.07 Å². The van der Waals surface area contributed by atoms with E-state index < -0.39 is 6.03 Å². The Labute approximate surface area is 179 Å². The largest absolute Gasteiger partial charge is 0.329 e. The molecule has 1 unspecified atom stereocenters. The highest BCUT2D eigenvalue weighted by Crippen LogP contribution is 2.25. The number of nitrogens with one attached hydrogen (secondary N) is 2. The number of amides is 4. The number of carbonyl (C=O) groups is 3. The topological polar surface area (TPSA) is 81.8 Å². The maximum atomic E-state index is 13.7. The van der Waals surface area contributed by atoms with Crippen LogP contribution in [0.2, 0.25) is 0 Å². The van der Waals surface area contributed by atoms with Gasteiger partial charge in [0.05, 0.1) is 19.1 Å². The van der Waals surface area contributed by atoms with Crippen molar-refractivity contribution in [2.75, 3.05) is 26.2 Å². The van der Waals surface area contributed by atoms with E-state index in [-0.39, 0.29) is 49.2 Å². The summed E-state index contributed by atoms with van der Waals surface area (Å²) in [5, 5.41) is 5.74. The quantitative estimate of drug-likeness (QED) is 0.725. The molecule has 7 nitrogen and oxygen atoms in total. The minimum Gasteiger partial charge on any atom is -0.329 e. The highest BCUT2D eigenvalue weighted by Gasteiger charge is 2.30. The highest BCUT2D eigenvalue weighted by atomic mass is 35.5. The summed E-state index contributed by atoms with van der Waals surface area (Å²) in [6.07, 6.45) is 0. The van der Waals surface area contributed by atoms with Gasteiger partial charge in [0.15, 0.2) is 0 Å². The average Bonchev–Trinajstić information content (AvgIpc) is 3.05. The molecular weight excluding hydrogens is 411 g/mol. The van der Waals surface area contributed by atoms with Crippen molar-refractivity contribution >= 4 is 30.3 Å². The molecule has 4 rings (SSSR count). The van der Waals surface area contributed by atoms with Crippen molar-refractivity contribution in [3.8, 4) is 0 Å². The molecule has 0 aliphatic carbocycles. The number of rotatable bonds is 4. The molecule has 0 saturated carbocycles. The summed E-state index contributed by atoms with van der Waals surface area (Å²) in [6, 6.07) is 12.5. The van der Waals surface area contributed by atoms with E-state index >= 15 is 0 Å². The van der Waals surface area contributed by atoms with Gasteiger partial charge in [-0.3, -0.25) is 14.5 Å². The van der Waals surface area contributed by atoms with Crippen molar-refractivity contribution in [2.24, 2.45) is 0 Å². The fraction of sp³-hybridized carbons (Fsp3) is 0.286. The van der Waals surface area contributed by atoms with Crippen LogP contribution in [0.15, 0.2) is 48.5 Å². The van der Waals surface area contributed by atoms with Gasteiger partial charge in [-0.1, -0.05) is 24.3 Å². The van der Waals surface area contributed by atoms with Crippen molar-refractivity contribution in [3.63, 3.8) is 0 Å². The zero-order valence-corrected chi connectivity index (χ0v) is 17.0. The summed E-state index contributed by atoms with van der Waals surface area (Å²) in [5.41, 5.74) is 1.90. The van der Waals surface area contributed by atoms with Crippen LogP contribution in [0.4, 0.5) is 9.18 Å². The van der Waals surface area contributed by atoms with Crippen LogP contribution in [0.25, 0.3) is 0 Å². The fourth-order valence-corrected chi connectivity index (χ4v) is 3.73. The molecule has 0 aromatic heterocycles. The second kappa shape index (κ2) is 9.23. The minimum atomic E-state index is -0.431. The number of benzene rings is 2.